The van der Waals surface area contributed by atoms with E-state index in [4.69, 9.17) is 15.2 Å². The minimum absolute atomic E-state index is 0.351. The van der Waals surface area contributed by atoms with Gasteiger partial charge in [-0.2, -0.15) is 0 Å². The Morgan fingerprint density at radius 1 is 1.08 bits per heavy atom. The highest BCUT2D eigenvalue weighted by Crippen LogP contribution is 2.36. The van der Waals surface area contributed by atoms with Crippen LogP contribution >= 0.6 is 0 Å². The quantitative estimate of drug-likeness (QED) is 0.559. The number of carbonyl (C=O) groups is 1. The number of ether oxygens (including phenoxy) is 2. The second-order valence-corrected chi connectivity index (χ2v) is 6.66. The number of carbonyl (C=O) groups excluding carboxylic acids is 1. The molecule has 1 unspecified atom stereocenters. The fourth-order valence-corrected chi connectivity index (χ4v) is 3.78. The Hall–Kier alpha value is -3.01. The number of rotatable bonds is 4. The van der Waals surface area contributed by atoms with E-state index in [0.29, 0.717) is 17.0 Å². The monoisotopic (exact) mass is 347 g/mol. The average molecular weight is 347 g/mol. The molecule has 0 heterocycles. The van der Waals surface area contributed by atoms with Crippen molar-refractivity contribution in [1.29, 1.82) is 0 Å². The Kier molecular flexibility index (Phi) is 4.03. The van der Waals surface area contributed by atoms with Gasteiger partial charge in [-0.15, -0.1) is 0 Å². The predicted octanol–water partition coefficient (Wildman–Crippen LogP) is 4.45. The fraction of sp³-hybridized carbons (Fsp3) is 0.227. The summed E-state index contributed by atoms with van der Waals surface area (Å²) in [6.45, 7) is 1.91. The van der Waals surface area contributed by atoms with Gasteiger partial charge in [-0.05, 0) is 59.9 Å². The lowest BCUT2D eigenvalue weighted by Crippen LogP contribution is -2.10. The van der Waals surface area contributed by atoms with Gasteiger partial charge in [-0.3, -0.25) is 0 Å². The van der Waals surface area contributed by atoms with E-state index in [1.807, 2.05) is 6.92 Å². The maximum atomic E-state index is 12.5. The van der Waals surface area contributed by atoms with Crippen LogP contribution in [0.3, 0.4) is 0 Å². The summed E-state index contributed by atoms with van der Waals surface area (Å²) in [5, 5.41) is 2.49. The van der Waals surface area contributed by atoms with Crippen LogP contribution in [0.4, 0.5) is 5.69 Å². The number of nitrogen functional groups attached to an aromatic ring is 1. The lowest BCUT2D eigenvalue weighted by Gasteiger charge is -2.17. The standard InChI is InChI=1S/C22H21NO3/c1-13(26-22(24)16-9-11-20(25-2)19(23)12-16)17-10-8-15-7-6-14-4-3-5-18(17)21(14)15/h3-5,8-13H,6-7,23H2,1-2H3. The molecule has 0 bridgehead atoms. The topological polar surface area (TPSA) is 61.5 Å². The van der Waals surface area contributed by atoms with E-state index in [1.165, 1.54) is 21.9 Å². The molecule has 4 nitrogen and oxygen atoms in total. The number of nitrogens with two attached hydrogens (primary N) is 1. The summed E-state index contributed by atoms with van der Waals surface area (Å²) in [7, 11) is 1.54. The van der Waals surface area contributed by atoms with Gasteiger partial charge in [-0.1, -0.05) is 30.3 Å². The Bertz CT molecular complexity index is 999. The normalized spacial score (nSPS) is 13.6. The molecular formula is C22H21NO3. The molecular weight excluding hydrogens is 326 g/mol. The molecule has 0 saturated carbocycles. The van der Waals surface area contributed by atoms with Crippen molar-refractivity contribution < 1.29 is 14.3 Å². The maximum absolute atomic E-state index is 12.5. The SMILES string of the molecule is COc1ccc(C(=O)OC(C)c2ccc3c4c(cccc24)CC3)cc1N. The van der Waals surface area contributed by atoms with Crippen LogP contribution in [0.15, 0.2) is 48.5 Å². The molecule has 0 amide bonds. The third kappa shape index (κ3) is 2.68. The molecule has 26 heavy (non-hydrogen) atoms. The van der Waals surface area contributed by atoms with Crippen molar-refractivity contribution in [2.75, 3.05) is 12.8 Å². The van der Waals surface area contributed by atoms with Crippen LogP contribution in [-0.4, -0.2) is 13.1 Å². The van der Waals surface area contributed by atoms with Crippen molar-refractivity contribution in [2.45, 2.75) is 25.9 Å². The maximum Gasteiger partial charge on any atom is 0.338 e. The minimum Gasteiger partial charge on any atom is -0.495 e. The zero-order valence-corrected chi connectivity index (χ0v) is 14.9. The molecule has 0 fully saturated rings. The highest BCUT2D eigenvalue weighted by Gasteiger charge is 2.21. The van der Waals surface area contributed by atoms with Gasteiger partial charge in [0.1, 0.15) is 11.9 Å². The summed E-state index contributed by atoms with van der Waals surface area (Å²) in [5.74, 6) is 0.150. The number of aryl methyl sites for hydroxylation is 2. The van der Waals surface area contributed by atoms with Gasteiger partial charge in [0.15, 0.2) is 0 Å². The van der Waals surface area contributed by atoms with Gasteiger partial charge in [0.05, 0.1) is 18.4 Å². The van der Waals surface area contributed by atoms with Crippen LogP contribution in [0.5, 0.6) is 5.75 Å². The van der Waals surface area contributed by atoms with Gasteiger partial charge < -0.3 is 15.2 Å². The van der Waals surface area contributed by atoms with Gasteiger partial charge in [-0.25, -0.2) is 4.79 Å². The summed E-state index contributed by atoms with van der Waals surface area (Å²) < 4.78 is 10.9. The highest BCUT2D eigenvalue weighted by molar-refractivity contribution is 5.94. The van der Waals surface area contributed by atoms with E-state index in [2.05, 4.69) is 30.3 Å². The Morgan fingerprint density at radius 3 is 2.58 bits per heavy atom. The lowest BCUT2D eigenvalue weighted by molar-refractivity contribution is 0.0341. The van der Waals surface area contributed by atoms with Crippen LogP contribution in [0.2, 0.25) is 0 Å². The van der Waals surface area contributed by atoms with E-state index >= 15 is 0 Å². The molecule has 0 aliphatic heterocycles. The first-order chi connectivity index (χ1) is 12.6. The van der Waals surface area contributed by atoms with Crippen molar-refractivity contribution in [1.82, 2.24) is 0 Å². The van der Waals surface area contributed by atoms with Crippen LogP contribution in [0.1, 0.15) is 40.1 Å². The van der Waals surface area contributed by atoms with Crippen LogP contribution in [-0.2, 0) is 17.6 Å². The number of esters is 1. The molecule has 1 aliphatic carbocycles. The first-order valence-electron chi connectivity index (χ1n) is 8.76. The van der Waals surface area contributed by atoms with Crippen molar-refractivity contribution in [3.05, 3.63) is 70.8 Å². The zero-order valence-electron chi connectivity index (χ0n) is 14.9. The number of hydrogen-bond donors (Lipinski definition) is 1. The first kappa shape index (κ1) is 16.5. The molecule has 4 heteroatoms. The summed E-state index contributed by atoms with van der Waals surface area (Å²) in [4.78, 5) is 12.5. The molecule has 0 radical (unpaired) electrons. The van der Waals surface area contributed by atoms with Crippen molar-refractivity contribution in [3.8, 4) is 5.75 Å². The van der Waals surface area contributed by atoms with Crippen LogP contribution in [0, 0.1) is 0 Å². The Balaban J connectivity index is 1.63. The molecule has 0 aromatic heterocycles. The number of hydrogen-bond acceptors (Lipinski definition) is 4. The molecule has 1 aliphatic rings. The number of methoxy groups -OCH3 is 1. The molecule has 4 rings (SSSR count). The second-order valence-electron chi connectivity index (χ2n) is 6.66. The van der Waals surface area contributed by atoms with E-state index in [9.17, 15) is 4.79 Å². The summed E-state index contributed by atoms with van der Waals surface area (Å²) in [6, 6.07) is 15.5. The van der Waals surface area contributed by atoms with Crippen LogP contribution in [0.25, 0.3) is 10.8 Å². The third-order valence-corrected chi connectivity index (χ3v) is 5.10. The molecule has 2 N–H and O–H groups in total. The van der Waals surface area contributed by atoms with Gasteiger partial charge in [0.2, 0.25) is 0 Å². The van der Waals surface area contributed by atoms with Gasteiger partial charge in [0, 0.05) is 5.56 Å². The van der Waals surface area contributed by atoms with E-state index in [1.54, 1.807) is 25.3 Å². The van der Waals surface area contributed by atoms with Gasteiger partial charge in [0.25, 0.3) is 0 Å². The van der Waals surface area contributed by atoms with Crippen LogP contribution < -0.4 is 10.5 Å². The zero-order chi connectivity index (χ0) is 18.3. The van der Waals surface area contributed by atoms with E-state index < -0.39 is 5.97 Å². The summed E-state index contributed by atoms with van der Waals surface area (Å²) in [5.41, 5.74) is 10.5. The molecule has 132 valence electrons. The Morgan fingerprint density at radius 2 is 1.85 bits per heavy atom. The minimum atomic E-state index is -0.393. The van der Waals surface area contributed by atoms with Gasteiger partial charge >= 0.3 is 5.97 Å². The van der Waals surface area contributed by atoms with E-state index in [0.717, 1.165) is 18.4 Å². The molecule has 0 saturated heterocycles. The van der Waals surface area contributed by atoms with Crippen molar-refractivity contribution in [3.63, 3.8) is 0 Å². The molecule has 3 aromatic rings. The molecule has 0 spiro atoms. The average Bonchev–Trinajstić information content (AvgIpc) is 3.07. The predicted molar refractivity (Wildman–Crippen MR) is 103 cm³/mol. The number of anilines is 1. The summed E-state index contributed by atoms with van der Waals surface area (Å²) >= 11 is 0. The molecule has 1 atom stereocenters. The molecule has 3 aromatic carbocycles. The van der Waals surface area contributed by atoms with Crippen molar-refractivity contribution >= 4 is 22.4 Å². The number of benzene rings is 3. The lowest BCUT2D eigenvalue weighted by atomic mass is 9.97. The highest BCUT2D eigenvalue weighted by atomic mass is 16.5. The second kappa shape index (κ2) is 6.37. The Labute approximate surface area is 152 Å². The largest absolute Gasteiger partial charge is 0.495 e. The van der Waals surface area contributed by atoms with E-state index in [-0.39, 0.29) is 6.10 Å². The van der Waals surface area contributed by atoms with Crippen molar-refractivity contribution in [2.24, 2.45) is 0 Å². The fourth-order valence-electron chi connectivity index (χ4n) is 3.78. The summed E-state index contributed by atoms with van der Waals surface area (Å²) in [6.07, 6.45) is 1.81. The smallest absolute Gasteiger partial charge is 0.338 e. The first-order valence-corrected chi connectivity index (χ1v) is 8.76. The third-order valence-electron chi connectivity index (χ3n) is 5.10.